The summed E-state index contributed by atoms with van der Waals surface area (Å²) in [5, 5.41) is 0.532. The molecule has 0 fully saturated rings. The Kier molecular flexibility index (Phi) is 2.70. The van der Waals surface area contributed by atoms with Gasteiger partial charge in [0.2, 0.25) is 0 Å². The Balaban J connectivity index is 3.60. The fraction of sp³-hybridized carbons (Fsp3) is 0. The Labute approximate surface area is 35.2 Å². The minimum atomic E-state index is 0.532. The van der Waals surface area contributed by atoms with Gasteiger partial charge in [-0.15, -0.1) is 0 Å². The maximum atomic E-state index is 9.30. The molecule has 0 aliphatic heterocycles. The van der Waals surface area contributed by atoms with Crippen LogP contribution in [0.1, 0.15) is 0 Å². The van der Waals surface area contributed by atoms with Crippen molar-refractivity contribution in [2.45, 2.75) is 0 Å². The van der Waals surface area contributed by atoms with Gasteiger partial charge in [0.1, 0.15) is 5.94 Å². The molecule has 0 amide bonds. The van der Waals surface area contributed by atoms with Gasteiger partial charge in [-0.2, -0.15) is 0 Å². The topological polar surface area (TPSA) is 17.1 Å². The predicted molar refractivity (Wildman–Crippen MR) is 28.6 cm³/mol. The van der Waals surface area contributed by atoms with E-state index in [1.807, 2.05) is 0 Å². The minimum absolute atomic E-state index is 0.532. The molecule has 0 aliphatic carbocycles. The summed E-state index contributed by atoms with van der Waals surface area (Å²) in [6.07, 6.45) is 0. The molecular weight excluding hydrogens is 102 g/mol. The van der Waals surface area contributed by atoms with Crippen LogP contribution in [0, 0.1) is 0 Å². The molecular formula is C2H4OP2. The van der Waals surface area contributed by atoms with Crippen molar-refractivity contribution in [3.8, 4) is 0 Å². The summed E-state index contributed by atoms with van der Waals surface area (Å²) >= 11 is 0. The molecule has 0 saturated carbocycles. The Morgan fingerprint density at radius 2 is 1.80 bits per heavy atom. The third-order valence-corrected chi connectivity index (χ3v) is 0.354. The van der Waals surface area contributed by atoms with Crippen molar-refractivity contribution in [2.75, 3.05) is 0 Å². The maximum Gasteiger partial charge on any atom is 0.132 e. The van der Waals surface area contributed by atoms with Crippen LogP contribution in [0.3, 0.4) is 0 Å². The molecule has 0 aliphatic rings. The van der Waals surface area contributed by atoms with E-state index in [4.69, 9.17) is 0 Å². The van der Waals surface area contributed by atoms with Crippen LogP contribution in [0.25, 0.3) is 0 Å². The molecule has 0 radical (unpaired) electrons. The van der Waals surface area contributed by atoms with Crippen molar-refractivity contribution >= 4 is 24.4 Å². The van der Waals surface area contributed by atoms with E-state index in [0.717, 1.165) is 0 Å². The number of carbonyl (C=O) groups excluding carboxylic acids is 1. The zero-order valence-corrected chi connectivity index (χ0v) is 4.87. The first kappa shape index (κ1) is 5.31. The first-order chi connectivity index (χ1) is 2.27. The summed E-state index contributed by atoms with van der Waals surface area (Å²) in [4.78, 5) is 9.30. The predicted octanol–water partition coefficient (Wildman–Crippen LogP) is 0.410. The molecule has 1 nitrogen and oxygen atoms in total. The lowest BCUT2D eigenvalue weighted by Gasteiger charge is -1.62. The van der Waals surface area contributed by atoms with Crippen LogP contribution < -0.4 is 0 Å². The first-order valence-electron chi connectivity index (χ1n) is 1.03. The zero-order valence-electron chi connectivity index (χ0n) is 2.56. The number of rotatable bonds is 0. The van der Waals surface area contributed by atoms with E-state index in [1.165, 1.54) is 0 Å². The van der Waals surface area contributed by atoms with Crippen LogP contribution in [0.4, 0.5) is 0 Å². The SMILES string of the molecule is O=C=C(P)P. The van der Waals surface area contributed by atoms with Crippen molar-refractivity contribution in [1.82, 2.24) is 0 Å². The second-order valence-corrected chi connectivity index (χ2v) is 2.47. The van der Waals surface area contributed by atoms with Crippen LogP contribution in [-0.2, 0) is 4.79 Å². The summed E-state index contributed by atoms with van der Waals surface area (Å²) in [6.45, 7) is 0. The van der Waals surface area contributed by atoms with Crippen molar-refractivity contribution in [2.24, 2.45) is 0 Å². The van der Waals surface area contributed by atoms with Crippen molar-refractivity contribution in [3.63, 3.8) is 0 Å². The molecule has 0 N–H and O–H groups in total. The third kappa shape index (κ3) is 4.31. The third-order valence-electron chi connectivity index (χ3n) is 0.118. The molecule has 0 aromatic carbocycles. The highest BCUT2D eigenvalue weighted by atomic mass is 31.1. The molecule has 28 valence electrons. The number of hydrogen-bond donors (Lipinski definition) is 0. The second kappa shape index (κ2) is 2.54. The van der Waals surface area contributed by atoms with Gasteiger partial charge in [0.15, 0.2) is 0 Å². The lowest BCUT2D eigenvalue weighted by molar-refractivity contribution is 0.569. The zero-order chi connectivity index (χ0) is 4.28. The highest BCUT2D eigenvalue weighted by Gasteiger charge is 1.62. The monoisotopic (exact) mass is 106 g/mol. The molecule has 3 heteroatoms. The highest BCUT2D eigenvalue weighted by molar-refractivity contribution is 7.46. The van der Waals surface area contributed by atoms with Gasteiger partial charge in [-0.05, 0) is 0 Å². The van der Waals surface area contributed by atoms with Gasteiger partial charge >= 0.3 is 0 Å². The molecule has 0 rings (SSSR count). The smallest absolute Gasteiger partial charge is 0.132 e. The maximum absolute atomic E-state index is 9.30. The van der Waals surface area contributed by atoms with Crippen LogP contribution in [0.2, 0.25) is 0 Å². The molecule has 0 heterocycles. The Morgan fingerprint density at radius 1 is 1.60 bits per heavy atom. The van der Waals surface area contributed by atoms with Gasteiger partial charge < -0.3 is 0 Å². The van der Waals surface area contributed by atoms with Gasteiger partial charge in [-0.25, -0.2) is 4.79 Å². The van der Waals surface area contributed by atoms with E-state index in [0.29, 0.717) is 5.06 Å². The van der Waals surface area contributed by atoms with Crippen LogP contribution in [0.5, 0.6) is 0 Å². The molecule has 0 bridgehead atoms. The molecule has 5 heavy (non-hydrogen) atoms. The second-order valence-electron chi connectivity index (χ2n) is 0.557. The lowest BCUT2D eigenvalue weighted by atomic mass is 11.2. The minimum Gasteiger partial charge on any atom is -0.233 e. The summed E-state index contributed by atoms with van der Waals surface area (Å²) in [5.41, 5.74) is 0. The molecule has 0 spiro atoms. The van der Waals surface area contributed by atoms with Crippen molar-refractivity contribution in [3.05, 3.63) is 5.06 Å². The van der Waals surface area contributed by atoms with Crippen molar-refractivity contribution < 1.29 is 4.79 Å². The quantitative estimate of drug-likeness (QED) is 0.323. The molecule has 2 atom stereocenters. The van der Waals surface area contributed by atoms with Crippen LogP contribution >= 0.6 is 18.5 Å². The van der Waals surface area contributed by atoms with E-state index in [-0.39, 0.29) is 0 Å². The van der Waals surface area contributed by atoms with Gasteiger partial charge in [-0.1, -0.05) is 18.5 Å². The molecule has 0 saturated heterocycles. The fourth-order valence-corrected chi connectivity index (χ4v) is 0. The number of hydrogen-bond acceptors (Lipinski definition) is 1. The van der Waals surface area contributed by atoms with Gasteiger partial charge in [0.05, 0.1) is 0 Å². The molecule has 2 unspecified atom stereocenters. The Hall–Kier alpha value is 0.310. The standard InChI is InChI=1S/C2H4OP2/c3-1-2(4)5/h4-5H2. The van der Waals surface area contributed by atoms with Crippen LogP contribution in [-0.4, -0.2) is 5.94 Å². The summed E-state index contributed by atoms with van der Waals surface area (Å²) in [5.74, 6) is 1.62. The summed E-state index contributed by atoms with van der Waals surface area (Å²) in [6, 6.07) is 0. The van der Waals surface area contributed by atoms with Crippen LogP contribution in [0.15, 0.2) is 5.06 Å². The molecule has 0 aromatic heterocycles. The van der Waals surface area contributed by atoms with Crippen molar-refractivity contribution in [1.29, 1.82) is 0 Å². The van der Waals surface area contributed by atoms with Gasteiger partial charge in [-0.3, -0.25) is 0 Å². The highest BCUT2D eigenvalue weighted by Crippen LogP contribution is 2.06. The first-order valence-corrected chi connectivity index (χ1v) is 2.19. The van der Waals surface area contributed by atoms with E-state index in [1.54, 1.807) is 5.94 Å². The lowest BCUT2D eigenvalue weighted by Crippen LogP contribution is -1.40. The molecule has 0 aromatic rings. The van der Waals surface area contributed by atoms with E-state index in [9.17, 15) is 4.79 Å². The normalized spacial score (nSPS) is 6.00. The van der Waals surface area contributed by atoms with E-state index in [2.05, 4.69) is 18.5 Å². The van der Waals surface area contributed by atoms with Gasteiger partial charge in [0.25, 0.3) is 0 Å². The summed E-state index contributed by atoms with van der Waals surface area (Å²) < 4.78 is 0. The average Bonchev–Trinajstić information content (AvgIpc) is 1.38. The van der Waals surface area contributed by atoms with Gasteiger partial charge in [0, 0.05) is 5.06 Å². The Bertz CT molecular complexity index is 67.7. The Morgan fingerprint density at radius 3 is 1.80 bits per heavy atom. The van der Waals surface area contributed by atoms with E-state index >= 15 is 0 Å². The summed E-state index contributed by atoms with van der Waals surface area (Å²) in [7, 11) is 4.38. The largest absolute Gasteiger partial charge is 0.233 e. The van der Waals surface area contributed by atoms with E-state index < -0.39 is 0 Å². The fourth-order valence-electron chi connectivity index (χ4n) is 0. The average molecular weight is 106 g/mol.